The Kier molecular flexibility index (Phi) is 8.47. The molecule has 2 aromatic rings. The van der Waals surface area contributed by atoms with Crippen molar-refractivity contribution < 1.29 is 19.1 Å². The first-order valence-corrected chi connectivity index (χ1v) is 9.81. The van der Waals surface area contributed by atoms with Crippen LogP contribution in [-0.2, 0) is 4.74 Å². The molecule has 0 aliphatic rings. The van der Waals surface area contributed by atoms with Gasteiger partial charge in [-0.15, -0.1) is 0 Å². The van der Waals surface area contributed by atoms with Gasteiger partial charge in [0, 0.05) is 19.2 Å². The lowest BCUT2D eigenvalue weighted by atomic mass is 10.1. The van der Waals surface area contributed by atoms with Crippen molar-refractivity contribution in [3.05, 3.63) is 58.1 Å². The van der Waals surface area contributed by atoms with Crippen LogP contribution in [0.15, 0.2) is 46.9 Å². The lowest BCUT2D eigenvalue weighted by Gasteiger charge is -2.13. The zero-order chi connectivity index (χ0) is 20.5. The van der Waals surface area contributed by atoms with Crippen molar-refractivity contribution >= 4 is 33.4 Å². The number of ether oxygens (including phenoxy) is 2. The average molecular weight is 449 g/mol. The fourth-order valence-electron chi connectivity index (χ4n) is 2.36. The van der Waals surface area contributed by atoms with Crippen LogP contribution in [0.25, 0.3) is 0 Å². The molecular weight excluding hydrogens is 424 g/mol. The monoisotopic (exact) mass is 448 g/mol. The van der Waals surface area contributed by atoms with Crippen LogP contribution in [0, 0.1) is 5.92 Å². The van der Waals surface area contributed by atoms with Crippen molar-refractivity contribution in [3.8, 4) is 5.75 Å². The minimum Gasteiger partial charge on any atom is -0.492 e. The van der Waals surface area contributed by atoms with Crippen LogP contribution in [0.5, 0.6) is 5.75 Å². The van der Waals surface area contributed by atoms with Gasteiger partial charge >= 0.3 is 0 Å². The maximum Gasteiger partial charge on any atom is 0.255 e. The van der Waals surface area contributed by atoms with Crippen molar-refractivity contribution in [2.75, 3.05) is 32.2 Å². The highest BCUT2D eigenvalue weighted by molar-refractivity contribution is 9.10. The van der Waals surface area contributed by atoms with E-state index in [0.29, 0.717) is 52.7 Å². The molecule has 7 heteroatoms. The van der Waals surface area contributed by atoms with E-state index >= 15 is 0 Å². The number of halogens is 1. The van der Waals surface area contributed by atoms with Crippen LogP contribution in [-0.4, -0.2) is 38.7 Å². The second-order valence-electron chi connectivity index (χ2n) is 6.60. The third-order valence-corrected chi connectivity index (χ3v) is 4.40. The van der Waals surface area contributed by atoms with Crippen LogP contribution in [0.3, 0.4) is 0 Å². The van der Waals surface area contributed by atoms with Crippen LogP contribution in [0.2, 0.25) is 0 Å². The molecule has 0 aliphatic carbocycles. The molecule has 0 aliphatic heterocycles. The maximum absolute atomic E-state index is 12.7. The number of para-hydroxylation sites is 1. The second kappa shape index (κ2) is 10.8. The van der Waals surface area contributed by atoms with Crippen molar-refractivity contribution in [2.45, 2.75) is 13.8 Å². The van der Waals surface area contributed by atoms with Crippen LogP contribution < -0.4 is 15.4 Å². The molecule has 0 aromatic heterocycles. The molecule has 2 aromatic carbocycles. The number of anilines is 1. The molecule has 2 amide bonds. The highest BCUT2D eigenvalue weighted by Crippen LogP contribution is 2.27. The number of carbonyl (C=O) groups is 2. The highest BCUT2D eigenvalue weighted by atomic mass is 79.9. The molecule has 0 heterocycles. The fraction of sp³-hybridized carbons (Fsp3) is 0.333. The summed E-state index contributed by atoms with van der Waals surface area (Å²) in [5.41, 5.74) is 1.29. The molecule has 0 unspecified atom stereocenters. The minimum atomic E-state index is -0.312. The van der Waals surface area contributed by atoms with E-state index in [9.17, 15) is 9.59 Å². The second-order valence-corrected chi connectivity index (χ2v) is 7.45. The number of nitrogens with one attached hydrogen (secondary N) is 2. The normalized spacial score (nSPS) is 10.6. The van der Waals surface area contributed by atoms with E-state index < -0.39 is 0 Å². The van der Waals surface area contributed by atoms with E-state index in [1.165, 1.54) is 0 Å². The van der Waals surface area contributed by atoms with E-state index in [0.717, 1.165) is 0 Å². The number of benzene rings is 2. The molecule has 0 spiro atoms. The summed E-state index contributed by atoms with van der Waals surface area (Å²) in [6.45, 7) is 5.54. The first-order valence-electron chi connectivity index (χ1n) is 9.02. The summed E-state index contributed by atoms with van der Waals surface area (Å²) in [5.74, 6) is 0.504. The van der Waals surface area contributed by atoms with Gasteiger partial charge in [0.15, 0.2) is 0 Å². The third-order valence-electron chi connectivity index (χ3n) is 3.78. The Morgan fingerprint density at radius 3 is 2.54 bits per heavy atom. The van der Waals surface area contributed by atoms with E-state index in [2.05, 4.69) is 40.4 Å². The van der Waals surface area contributed by atoms with Gasteiger partial charge in [-0.2, -0.15) is 0 Å². The predicted octanol–water partition coefficient (Wildman–Crippen LogP) is 4.11. The fourth-order valence-corrected chi connectivity index (χ4v) is 2.86. The Balaban J connectivity index is 2.10. The zero-order valence-electron chi connectivity index (χ0n) is 16.3. The van der Waals surface area contributed by atoms with E-state index in [1.54, 1.807) is 49.6 Å². The predicted molar refractivity (Wildman–Crippen MR) is 113 cm³/mol. The summed E-state index contributed by atoms with van der Waals surface area (Å²) < 4.78 is 11.3. The number of methoxy groups -OCH3 is 1. The Morgan fingerprint density at radius 2 is 1.86 bits per heavy atom. The number of hydrogen-bond donors (Lipinski definition) is 2. The molecular formula is C21H25BrN2O4. The molecule has 2 N–H and O–H groups in total. The molecule has 150 valence electrons. The lowest BCUT2D eigenvalue weighted by Crippen LogP contribution is -2.28. The summed E-state index contributed by atoms with van der Waals surface area (Å²) in [6, 6.07) is 12.0. The van der Waals surface area contributed by atoms with Crippen LogP contribution in [0.1, 0.15) is 34.6 Å². The van der Waals surface area contributed by atoms with Gasteiger partial charge in [0.2, 0.25) is 0 Å². The van der Waals surface area contributed by atoms with Gasteiger partial charge in [0.05, 0.1) is 28.9 Å². The number of rotatable bonds is 9. The minimum absolute atomic E-state index is 0.272. The third kappa shape index (κ3) is 6.35. The zero-order valence-corrected chi connectivity index (χ0v) is 17.8. The molecule has 6 nitrogen and oxygen atoms in total. The summed E-state index contributed by atoms with van der Waals surface area (Å²) >= 11 is 3.44. The van der Waals surface area contributed by atoms with E-state index in [1.807, 2.05) is 0 Å². The van der Waals surface area contributed by atoms with Gasteiger partial charge < -0.3 is 20.1 Å². The Hall–Kier alpha value is -2.38. The van der Waals surface area contributed by atoms with Gasteiger partial charge in [-0.1, -0.05) is 26.0 Å². The van der Waals surface area contributed by atoms with Gasteiger partial charge in [0.1, 0.15) is 5.75 Å². The van der Waals surface area contributed by atoms with Crippen LogP contribution >= 0.6 is 15.9 Å². The Labute approximate surface area is 173 Å². The van der Waals surface area contributed by atoms with Gasteiger partial charge in [0.25, 0.3) is 11.8 Å². The topological polar surface area (TPSA) is 76.7 Å². The van der Waals surface area contributed by atoms with Crippen molar-refractivity contribution in [1.29, 1.82) is 0 Å². The molecule has 0 saturated carbocycles. The summed E-state index contributed by atoms with van der Waals surface area (Å²) in [4.78, 5) is 25.0. The Morgan fingerprint density at radius 1 is 1.11 bits per heavy atom. The van der Waals surface area contributed by atoms with Crippen LogP contribution in [0.4, 0.5) is 5.69 Å². The number of hydrogen-bond acceptors (Lipinski definition) is 4. The van der Waals surface area contributed by atoms with E-state index in [4.69, 9.17) is 9.47 Å². The first kappa shape index (κ1) is 21.9. The van der Waals surface area contributed by atoms with E-state index in [-0.39, 0.29) is 11.8 Å². The molecule has 0 atom stereocenters. The Bertz CT molecular complexity index is 824. The smallest absolute Gasteiger partial charge is 0.255 e. The number of carbonyl (C=O) groups excluding carboxylic acids is 2. The lowest BCUT2D eigenvalue weighted by molar-refractivity contribution is 0.0938. The standard InChI is InChI=1S/C21H25BrN2O4/c1-14(2)13-28-19-9-8-15(12-17(19)22)20(25)24-18-7-5-4-6-16(18)21(26)23-10-11-27-3/h4-9,12,14H,10-11,13H2,1-3H3,(H,23,26)(H,24,25). The molecule has 0 saturated heterocycles. The highest BCUT2D eigenvalue weighted by Gasteiger charge is 2.15. The van der Waals surface area contributed by atoms with Gasteiger partial charge in [-0.25, -0.2) is 0 Å². The van der Waals surface area contributed by atoms with Crippen molar-refractivity contribution in [2.24, 2.45) is 5.92 Å². The van der Waals surface area contributed by atoms with Gasteiger partial charge in [-0.3, -0.25) is 9.59 Å². The van der Waals surface area contributed by atoms with Gasteiger partial charge in [-0.05, 0) is 52.2 Å². The quantitative estimate of drug-likeness (QED) is 0.565. The molecule has 2 rings (SSSR count). The van der Waals surface area contributed by atoms with Crippen molar-refractivity contribution in [1.82, 2.24) is 5.32 Å². The molecule has 28 heavy (non-hydrogen) atoms. The summed E-state index contributed by atoms with van der Waals surface area (Å²) in [7, 11) is 1.57. The maximum atomic E-state index is 12.7. The van der Waals surface area contributed by atoms with Crippen molar-refractivity contribution in [3.63, 3.8) is 0 Å². The number of amides is 2. The first-order chi connectivity index (χ1) is 13.4. The summed E-state index contributed by atoms with van der Waals surface area (Å²) in [6.07, 6.45) is 0. The summed E-state index contributed by atoms with van der Waals surface area (Å²) in [5, 5.41) is 5.56. The SMILES string of the molecule is COCCNC(=O)c1ccccc1NC(=O)c1ccc(OCC(C)C)c(Br)c1. The molecule has 0 radical (unpaired) electrons. The molecule has 0 fully saturated rings. The molecule has 0 bridgehead atoms. The largest absolute Gasteiger partial charge is 0.492 e. The average Bonchev–Trinajstić information content (AvgIpc) is 2.67.